The molecule has 0 N–H and O–H groups in total. The van der Waals surface area contributed by atoms with Gasteiger partial charge >= 0.3 is 0 Å². The number of aromatic nitrogens is 3. The SMILES string of the molecule is Clc1ccc(Cn2nc(Br)cc2C=C2CCCN=C2c2cccnc2)cc1. The number of allylic oxidation sites excluding steroid dienone is 1. The van der Waals surface area contributed by atoms with Crippen LogP contribution in [-0.4, -0.2) is 27.0 Å². The Labute approximate surface area is 171 Å². The number of hydrogen-bond acceptors (Lipinski definition) is 3. The van der Waals surface area contributed by atoms with E-state index in [1.807, 2.05) is 47.3 Å². The van der Waals surface area contributed by atoms with Gasteiger partial charge in [0.25, 0.3) is 0 Å². The standard InChI is InChI=1S/C21H18BrClN4/c22-20-12-19(27(26-20)14-15-5-7-18(23)8-6-15)11-16-3-2-10-25-21(16)17-4-1-9-24-13-17/h1,4-9,11-13H,2-3,10,14H2. The molecule has 0 saturated carbocycles. The fourth-order valence-electron chi connectivity index (χ4n) is 3.18. The first-order valence-electron chi connectivity index (χ1n) is 8.82. The minimum absolute atomic E-state index is 0.682. The Bertz CT molecular complexity index is 991. The maximum atomic E-state index is 6.00. The lowest BCUT2D eigenvalue weighted by Crippen LogP contribution is -2.12. The van der Waals surface area contributed by atoms with Gasteiger partial charge in [0.2, 0.25) is 0 Å². The van der Waals surface area contributed by atoms with Gasteiger partial charge < -0.3 is 0 Å². The van der Waals surface area contributed by atoms with Gasteiger partial charge in [-0.1, -0.05) is 23.7 Å². The number of rotatable bonds is 4. The van der Waals surface area contributed by atoms with Crippen LogP contribution in [0.25, 0.3) is 6.08 Å². The average Bonchev–Trinajstić information content (AvgIpc) is 3.03. The summed E-state index contributed by atoms with van der Waals surface area (Å²) in [6.45, 7) is 1.54. The van der Waals surface area contributed by atoms with E-state index in [1.54, 1.807) is 6.20 Å². The molecule has 3 heterocycles. The molecule has 3 aromatic rings. The van der Waals surface area contributed by atoms with Crippen molar-refractivity contribution in [1.82, 2.24) is 14.8 Å². The highest BCUT2D eigenvalue weighted by Gasteiger charge is 2.16. The van der Waals surface area contributed by atoms with Crippen LogP contribution < -0.4 is 0 Å². The Hall–Kier alpha value is -2.24. The fraction of sp³-hybridized carbons (Fsp3) is 0.190. The third-order valence-electron chi connectivity index (χ3n) is 4.46. The van der Waals surface area contributed by atoms with Crippen molar-refractivity contribution >= 4 is 39.3 Å². The molecule has 6 heteroatoms. The number of nitrogens with zero attached hydrogens (tertiary/aromatic N) is 4. The van der Waals surface area contributed by atoms with Crippen LogP contribution in [0.4, 0.5) is 0 Å². The topological polar surface area (TPSA) is 43.1 Å². The van der Waals surface area contributed by atoms with Gasteiger partial charge in [0.1, 0.15) is 4.60 Å². The molecular weight excluding hydrogens is 424 g/mol. The summed E-state index contributed by atoms with van der Waals surface area (Å²) in [5, 5.41) is 5.33. The van der Waals surface area contributed by atoms with E-state index >= 15 is 0 Å². The first-order chi connectivity index (χ1) is 13.2. The molecule has 136 valence electrons. The Morgan fingerprint density at radius 2 is 2.04 bits per heavy atom. The van der Waals surface area contributed by atoms with Crippen molar-refractivity contribution in [2.24, 2.45) is 4.99 Å². The van der Waals surface area contributed by atoms with E-state index in [4.69, 9.17) is 16.6 Å². The van der Waals surface area contributed by atoms with Crippen LogP contribution in [0.3, 0.4) is 0 Å². The van der Waals surface area contributed by atoms with Crippen molar-refractivity contribution in [2.45, 2.75) is 19.4 Å². The van der Waals surface area contributed by atoms with Crippen LogP contribution in [0.5, 0.6) is 0 Å². The summed E-state index contributed by atoms with van der Waals surface area (Å²) in [4.78, 5) is 9.00. The Kier molecular flexibility index (Phi) is 5.50. The maximum Gasteiger partial charge on any atom is 0.128 e. The minimum Gasteiger partial charge on any atom is -0.284 e. The monoisotopic (exact) mass is 440 g/mol. The highest BCUT2D eigenvalue weighted by molar-refractivity contribution is 9.10. The lowest BCUT2D eigenvalue weighted by Gasteiger charge is -2.16. The molecule has 0 unspecified atom stereocenters. The predicted molar refractivity (Wildman–Crippen MR) is 113 cm³/mol. The van der Waals surface area contributed by atoms with Crippen molar-refractivity contribution in [3.05, 3.63) is 86.9 Å². The molecule has 0 aliphatic carbocycles. The van der Waals surface area contributed by atoms with Crippen LogP contribution in [0.2, 0.25) is 5.02 Å². The van der Waals surface area contributed by atoms with Crippen molar-refractivity contribution in [2.75, 3.05) is 6.54 Å². The smallest absolute Gasteiger partial charge is 0.128 e. The number of aliphatic imine (C=N–C) groups is 1. The fourth-order valence-corrected chi connectivity index (χ4v) is 3.73. The summed E-state index contributed by atoms with van der Waals surface area (Å²) in [6.07, 6.45) is 7.91. The molecule has 4 nitrogen and oxygen atoms in total. The van der Waals surface area contributed by atoms with Gasteiger partial charge in [-0.25, -0.2) is 0 Å². The molecule has 0 bridgehead atoms. The number of pyridine rings is 1. The molecule has 0 fully saturated rings. The molecule has 0 spiro atoms. The van der Waals surface area contributed by atoms with E-state index in [0.717, 1.165) is 51.5 Å². The summed E-state index contributed by atoms with van der Waals surface area (Å²) in [6, 6.07) is 13.9. The molecule has 1 aliphatic heterocycles. The van der Waals surface area contributed by atoms with Gasteiger partial charge in [-0.3, -0.25) is 14.7 Å². The molecule has 27 heavy (non-hydrogen) atoms. The second-order valence-electron chi connectivity index (χ2n) is 6.42. The molecular formula is C21H18BrClN4. The second kappa shape index (κ2) is 8.19. The number of hydrogen-bond donors (Lipinski definition) is 0. The lowest BCUT2D eigenvalue weighted by atomic mass is 9.96. The Morgan fingerprint density at radius 1 is 1.19 bits per heavy atom. The zero-order valence-corrected chi connectivity index (χ0v) is 17.0. The summed E-state index contributed by atoms with van der Waals surface area (Å²) >= 11 is 9.51. The van der Waals surface area contributed by atoms with E-state index in [9.17, 15) is 0 Å². The van der Waals surface area contributed by atoms with Crippen molar-refractivity contribution in [3.63, 3.8) is 0 Å². The molecule has 2 aromatic heterocycles. The van der Waals surface area contributed by atoms with Gasteiger partial charge in [-0.15, -0.1) is 0 Å². The van der Waals surface area contributed by atoms with Crippen LogP contribution in [0.1, 0.15) is 29.7 Å². The van der Waals surface area contributed by atoms with Gasteiger partial charge in [-0.2, -0.15) is 5.10 Å². The summed E-state index contributed by atoms with van der Waals surface area (Å²) in [7, 11) is 0. The third-order valence-corrected chi connectivity index (χ3v) is 5.10. The maximum absolute atomic E-state index is 6.00. The normalized spacial score (nSPS) is 15.8. The largest absolute Gasteiger partial charge is 0.284 e. The first-order valence-corrected chi connectivity index (χ1v) is 10.00. The minimum atomic E-state index is 0.682. The van der Waals surface area contributed by atoms with E-state index in [2.05, 4.69) is 38.2 Å². The molecule has 0 amide bonds. The zero-order chi connectivity index (χ0) is 18.6. The molecule has 4 rings (SSSR count). The molecule has 0 radical (unpaired) electrons. The molecule has 1 aliphatic rings. The lowest BCUT2D eigenvalue weighted by molar-refractivity contribution is 0.675. The summed E-state index contributed by atoms with van der Waals surface area (Å²) in [5.41, 5.74) is 5.51. The zero-order valence-electron chi connectivity index (χ0n) is 14.6. The van der Waals surface area contributed by atoms with E-state index in [1.165, 1.54) is 5.57 Å². The highest BCUT2D eigenvalue weighted by Crippen LogP contribution is 2.24. The van der Waals surface area contributed by atoms with Crippen LogP contribution >= 0.6 is 27.5 Å². The highest BCUT2D eigenvalue weighted by atomic mass is 79.9. The predicted octanol–water partition coefficient (Wildman–Crippen LogP) is 5.41. The van der Waals surface area contributed by atoms with Gasteiger partial charge in [0.05, 0.1) is 18.0 Å². The van der Waals surface area contributed by atoms with E-state index < -0.39 is 0 Å². The quantitative estimate of drug-likeness (QED) is 0.543. The summed E-state index contributed by atoms with van der Waals surface area (Å²) < 4.78 is 2.81. The first kappa shape index (κ1) is 18.1. The van der Waals surface area contributed by atoms with Gasteiger partial charge in [0.15, 0.2) is 0 Å². The number of benzene rings is 1. The van der Waals surface area contributed by atoms with Gasteiger partial charge in [-0.05, 0) is 76.3 Å². The van der Waals surface area contributed by atoms with E-state index in [-0.39, 0.29) is 0 Å². The van der Waals surface area contributed by atoms with Crippen LogP contribution in [-0.2, 0) is 6.54 Å². The number of halogens is 2. The average molecular weight is 442 g/mol. The second-order valence-corrected chi connectivity index (χ2v) is 7.67. The van der Waals surface area contributed by atoms with Crippen molar-refractivity contribution < 1.29 is 0 Å². The Balaban J connectivity index is 1.67. The Morgan fingerprint density at radius 3 is 2.81 bits per heavy atom. The summed E-state index contributed by atoms with van der Waals surface area (Å²) in [5.74, 6) is 0. The van der Waals surface area contributed by atoms with Crippen molar-refractivity contribution in [1.29, 1.82) is 0 Å². The molecule has 0 saturated heterocycles. The van der Waals surface area contributed by atoms with Gasteiger partial charge in [0, 0.05) is 29.5 Å². The van der Waals surface area contributed by atoms with E-state index in [0.29, 0.717) is 6.54 Å². The van der Waals surface area contributed by atoms with Crippen LogP contribution in [0.15, 0.2) is 70.0 Å². The molecule has 1 aromatic carbocycles. The van der Waals surface area contributed by atoms with Crippen molar-refractivity contribution in [3.8, 4) is 0 Å². The molecule has 0 atom stereocenters. The van der Waals surface area contributed by atoms with Crippen LogP contribution in [0, 0.1) is 0 Å². The third kappa shape index (κ3) is 4.37.